The minimum atomic E-state index is -1.09. The molecule has 16 heavy (non-hydrogen) atoms. The zero-order valence-corrected chi connectivity index (χ0v) is 9.23. The van der Waals surface area contributed by atoms with Gasteiger partial charge in [-0.15, -0.1) is 6.42 Å². The first kappa shape index (κ1) is 12.3. The zero-order valence-electron chi connectivity index (χ0n) is 9.23. The van der Waals surface area contributed by atoms with E-state index in [1.165, 1.54) is 0 Å². The summed E-state index contributed by atoms with van der Waals surface area (Å²) < 4.78 is 0. The third kappa shape index (κ3) is 2.23. The van der Waals surface area contributed by atoms with Crippen molar-refractivity contribution in [3.05, 3.63) is 35.9 Å². The third-order valence-corrected chi connectivity index (χ3v) is 2.65. The maximum atomic E-state index is 11.4. The molecule has 84 valence electrons. The Balaban J connectivity index is 3.13. The highest BCUT2D eigenvalue weighted by Crippen LogP contribution is 2.25. The molecule has 3 heteroatoms. The molecule has 0 aliphatic heterocycles. The van der Waals surface area contributed by atoms with Gasteiger partial charge >= 0.3 is 5.97 Å². The summed E-state index contributed by atoms with van der Waals surface area (Å²) in [6.45, 7) is 2.06. The van der Waals surface area contributed by atoms with Gasteiger partial charge in [0.05, 0.1) is 6.54 Å². The quantitative estimate of drug-likeness (QED) is 0.736. The number of nitrogens with one attached hydrogen (secondary N) is 1. The number of benzene rings is 1. The van der Waals surface area contributed by atoms with E-state index in [0.717, 1.165) is 5.56 Å². The number of rotatable bonds is 5. The highest BCUT2D eigenvalue weighted by atomic mass is 16.4. The van der Waals surface area contributed by atoms with Crippen molar-refractivity contribution < 1.29 is 9.90 Å². The number of aliphatic carboxylic acids is 1. The van der Waals surface area contributed by atoms with Crippen LogP contribution in [0.15, 0.2) is 30.3 Å². The minimum absolute atomic E-state index is 0.231. The molecule has 0 saturated carbocycles. The fourth-order valence-corrected chi connectivity index (χ4v) is 1.71. The van der Waals surface area contributed by atoms with Crippen LogP contribution in [0.25, 0.3) is 0 Å². The summed E-state index contributed by atoms with van der Waals surface area (Å²) >= 11 is 0. The van der Waals surface area contributed by atoms with E-state index in [2.05, 4.69) is 11.2 Å². The van der Waals surface area contributed by atoms with E-state index < -0.39 is 11.5 Å². The van der Waals surface area contributed by atoms with E-state index in [1.807, 2.05) is 25.1 Å². The van der Waals surface area contributed by atoms with E-state index in [4.69, 9.17) is 6.42 Å². The van der Waals surface area contributed by atoms with Gasteiger partial charge in [-0.05, 0) is 12.0 Å². The topological polar surface area (TPSA) is 49.3 Å². The second-order valence-corrected chi connectivity index (χ2v) is 3.49. The van der Waals surface area contributed by atoms with Gasteiger partial charge in [-0.1, -0.05) is 43.2 Å². The first-order chi connectivity index (χ1) is 7.67. The lowest BCUT2D eigenvalue weighted by Gasteiger charge is -2.29. The smallest absolute Gasteiger partial charge is 0.328 e. The standard InChI is InChI=1S/C13H15NO2/c1-3-10-14-13(4-2,12(15)16)11-8-6-5-7-9-11/h1,5-9,14H,4,10H2,2H3,(H,15,16). The highest BCUT2D eigenvalue weighted by molar-refractivity contribution is 5.80. The minimum Gasteiger partial charge on any atom is -0.480 e. The van der Waals surface area contributed by atoms with Crippen LogP contribution in [0, 0.1) is 12.3 Å². The Bertz CT molecular complexity index is 394. The third-order valence-electron chi connectivity index (χ3n) is 2.65. The van der Waals surface area contributed by atoms with Crippen molar-refractivity contribution in [1.29, 1.82) is 0 Å². The second-order valence-electron chi connectivity index (χ2n) is 3.49. The van der Waals surface area contributed by atoms with Crippen molar-refractivity contribution in [3.63, 3.8) is 0 Å². The van der Waals surface area contributed by atoms with Crippen LogP contribution >= 0.6 is 0 Å². The van der Waals surface area contributed by atoms with Gasteiger partial charge in [0.25, 0.3) is 0 Å². The van der Waals surface area contributed by atoms with Gasteiger partial charge in [0, 0.05) is 0 Å². The number of carbonyl (C=O) groups is 1. The maximum absolute atomic E-state index is 11.4. The van der Waals surface area contributed by atoms with Gasteiger partial charge in [0.1, 0.15) is 5.54 Å². The molecule has 0 heterocycles. The van der Waals surface area contributed by atoms with Crippen LogP contribution < -0.4 is 5.32 Å². The van der Waals surface area contributed by atoms with Crippen LogP contribution in [0.4, 0.5) is 0 Å². The fourth-order valence-electron chi connectivity index (χ4n) is 1.71. The molecule has 0 aliphatic carbocycles. The molecule has 1 unspecified atom stereocenters. The summed E-state index contributed by atoms with van der Waals surface area (Å²) in [5.74, 6) is 1.50. The molecule has 0 bridgehead atoms. The molecule has 0 amide bonds. The zero-order chi connectivity index (χ0) is 12.0. The molecular formula is C13H15NO2. The number of terminal acetylenes is 1. The van der Waals surface area contributed by atoms with Crippen molar-refractivity contribution in [2.75, 3.05) is 6.54 Å². The average molecular weight is 217 g/mol. The first-order valence-corrected chi connectivity index (χ1v) is 5.14. The van der Waals surface area contributed by atoms with E-state index in [0.29, 0.717) is 6.42 Å². The van der Waals surface area contributed by atoms with E-state index in [-0.39, 0.29) is 6.54 Å². The first-order valence-electron chi connectivity index (χ1n) is 5.14. The van der Waals surface area contributed by atoms with E-state index >= 15 is 0 Å². The Morgan fingerprint density at radius 2 is 2.12 bits per heavy atom. The second kappa shape index (κ2) is 5.34. The number of hydrogen-bond acceptors (Lipinski definition) is 2. The van der Waals surface area contributed by atoms with Crippen molar-refractivity contribution in [3.8, 4) is 12.3 Å². The van der Waals surface area contributed by atoms with Crippen LogP contribution in [0.3, 0.4) is 0 Å². The van der Waals surface area contributed by atoms with Crippen molar-refractivity contribution in [1.82, 2.24) is 5.32 Å². The molecule has 0 radical (unpaired) electrons. The summed E-state index contributed by atoms with van der Waals surface area (Å²) in [4.78, 5) is 11.4. The monoisotopic (exact) mass is 217 g/mol. The summed E-state index contributed by atoms with van der Waals surface area (Å²) in [6.07, 6.45) is 5.60. The predicted molar refractivity (Wildman–Crippen MR) is 62.9 cm³/mol. The summed E-state index contributed by atoms with van der Waals surface area (Å²) in [5.41, 5.74) is -0.367. The van der Waals surface area contributed by atoms with Gasteiger partial charge in [-0.2, -0.15) is 0 Å². The summed E-state index contributed by atoms with van der Waals surface area (Å²) in [7, 11) is 0. The lowest BCUT2D eigenvalue weighted by Crippen LogP contribution is -2.48. The normalized spacial score (nSPS) is 13.8. The van der Waals surface area contributed by atoms with Gasteiger partial charge in [-0.25, -0.2) is 4.79 Å². The lowest BCUT2D eigenvalue weighted by molar-refractivity contribution is -0.145. The molecular weight excluding hydrogens is 202 g/mol. The van der Waals surface area contributed by atoms with Crippen LogP contribution in [0.2, 0.25) is 0 Å². The average Bonchev–Trinajstić information content (AvgIpc) is 2.31. The Morgan fingerprint density at radius 3 is 2.56 bits per heavy atom. The number of hydrogen-bond donors (Lipinski definition) is 2. The van der Waals surface area contributed by atoms with Gasteiger partial charge in [-0.3, -0.25) is 5.32 Å². The molecule has 0 spiro atoms. The number of carboxylic acid groups (broad SMARTS) is 1. The van der Waals surface area contributed by atoms with Crippen LogP contribution in [-0.2, 0) is 10.3 Å². The molecule has 1 aromatic carbocycles. The molecule has 1 aromatic rings. The molecule has 0 aromatic heterocycles. The number of carboxylic acids is 1. The Kier molecular flexibility index (Phi) is 4.10. The molecule has 0 fully saturated rings. The molecule has 0 aliphatic rings. The molecule has 1 rings (SSSR count). The molecule has 3 nitrogen and oxygen atoms in total. The van der Waals surface area contributed by atoms with Gasteiger partial charge < -0.3 is 5.11 Å². The van der Waals surface area contributed by atoms with Crippen molar-refractivity contribution in [2.24, 2.45) is 0 Å². The van der Waals surface area contributed by atoms with Crippen LogP contribution in [-0.4, -0.2) is 17.6 Å². The van der Waals surface area contributed by atoms with E-state index in [1.54, 1.807) is 12.1 Å². The van der Waals surface area contributed by atoms with Crippen LogP contribution in [0.5, 0.6) is 0 Å². The Labute approximate surface area is 95.5 Å². The Hall–Kier alpha value is -1.79. The van der Waals surface area contributed by atoms with Crippen molar-refractivity contribution in [2.45, 2.75) is 18.9 Å². The van der Waals surface area contributed by atoms with E-state index in [9.17, 15) is 9.90 Å². The Morgan fingerprint density at radius 1 is 1.50 bits per heavy atom. The highest BCUT2D eigenvalue weighted by Gasteiger charge is 2.37. The summed E-state index contributed by atoms with van der Waals surface area (Å²) in [6, 6.07) is 9.08. The SMILES string of the molecule is C#CCNC(CC)(C(=O)O)c1ccccc1. The largest absolute Gasteiger partial charge is 0.480 e. The maximum Gasteiger partial charge on any atom is 0.328 e. The lowest BCUT2D eigenvalue weighted by atomic mass is 9.87. The summed E-state index contributed by atoms with van der Waals surface area (Å²) in [5, 5.41) is 12.3. The molecule has 2 N–H and O–H groups in total. The van der Waals surface area contributed by atoms with Gasteiger partial charge in [0.15, 0.2) is 0 Å². The molecule has 1 atom stereocenters. The fraction of sp³-hybridized carbons (Fsp3) is 0.308. The van der Waals surface area contributed by atoms with Crippen LogP contribution in [0.1, 0.15) is 18.9 Å². The molecule has 0 saturated heterocycles. The predicted octanol–water partition coefficient (Wildman–Crippen LogP) is 1.60. The van der Waals surface area contributed by atoms with Gasteiger partial charge in [0.2, 0.25) is 0 Å². The van der Waals surface area contributed by atoms with Crippen molar-refractivity contribution >= 4 is 5.97 Å².